The maximum Gasteiger partial charge on any atom is 0.262 e. The molecule has 2 N–H and O–H groups in total. The minimum Gasteiger partial charge on any atom is -0.496 e. The summed E-state index contributed by atoms with van der Waals surface area (Å²) in [6.07, 6.45) is 4.22. The van der Waals surface area contributed by atoms with Gasteiger partial charge in [-0.05, 0) is 36.6 Å². The Labute approximate surface area is 187 Å². The number of nitrogens with one attached hydrogen (secondary N) is 2. The molecule has 0 aliphatic carbocycles. The van der Waals surface area contributed by atoms with Crippen LogP contribution in [-0.2, 0) is 16.4 Å². The number of hydrogen-bond donors (Lipinski definition) is 2. The van der Waals surface area contributed by atoms with E-state index in [9.17, 15) is 13.2 Å². The summed E-state index contributed by atoms with van der Waals surface area (Å²) >= 11 is 0. The molecule has 0 aliphatic heterocycles. The molecule has 0 bridgehead atoms. The van der Waals surface area contributed by atoms with Crippen LogP contribution in [0.2, 0.25) is 0 Å². The average molecular weight is 456 g/mol. The number of ether oxygens (including phenoxy) is 2. The maximum absolute atomic E-state index is 12.9. The third-order valence-electron chi connectivity index (χ3n) is 4.72. The topological polar surface area (TPSA) is 107 Å². The Morgan fingerprint density at radius 3 is 2.53 bits per heavy atom. The third kappa shape index (κ3) is 5.76. The summed E-state index contributed by atoms with van der Waals surface area (Å²) in [5.41, 5.74) is 1.34. The molecule has 2 aromatic carbocycles. The molecule has 1 aromatic heterocycles. The summed E-state index contributed by atoms with van der Waals surface area (Å²) in [4.78, 5) is 16.6. The van der Waals surface area contributed by atoms with Crippen molar-refractivity contribution < 1.29 is 22.7 Å². The van der Waals surface area contributed by atoms with Gasteiger partial charge in [0.25, 0.3) is 15.9 Å². The van der Waals surface area contributed by atoms with E-state index in [1.807, 2.05) is 24.3 Å². The van der Waals surface area contributed by atoms with Crippen LogP contribution in [0.1, 0.15) is 22.3 Å². The van der Waals surface area contributed by atoms with Gasteiger partial charge in [0.1, 0.15) is 16.4 Å². The highest BCUT2D eigenvalue weighted by atomic mass is 32.2. The van der Waals surface area contributed by atoms with Crippen LogP contribution >= 0.6 is 0 Å². The SMILES string of the molecule is COc1cncc(NS(=O)(=O)c2ccccc2C(=O)NCCCc2ccccc2OC)c1. The smallest absolute Gasteiger partial charge is 0.262 e. The number of methoxy groups -OCH3 is 2. The van der Waals surface area contributed by atoms with Crippen molar-refractivity contribution in [3.8, 4) is 11.5 Å². The molecule has 0 saturated heterocycles. The van der Waals surface area contributed by atoms with Gasteiger partial charge in [-0.1, -0.05) is 30.3 Å². The van der Waals surface area contributed by atoms with Gasteiger partial charge < -0.3 is 14.8 Å². The summed E-state index contributed by atoms with van der Waals surface area (Å²) in [5.74, 6) is 0.745. The number of aryl methyl sites for hydroxylation is 1. The van der Waals surface area contributed by atoms with Gasteiger partial charge in [0, 0.05) is 12.6 Å². The molecule has 0 spiro atoms. The lowest BCUT2D eigenvalue weighted by Crippen LogP contribution is -2.27. The zero-order valence-electron chi connectivity index (χ0n) is 17.9. The van der Waals surface area contributed by atoms with E-state index in [1.54, 1.807) is 19.2 Å². The van der Waals surface area contributed by atoms with Gasteiger partial charge in [-0.3, -0.25) is 14.5 Å². The number of amides is 1. The van der Waals surface area contributed by atoms with Crippen LogP contribution in [0.3, 0.4) is 0 Å². The van der Waals surface area contributed by atoms with Crippen molar-refractivity contribution in [2.24, 2.45) is 0 Å². The van der Waals surface area contributed by atoms with Gasteiger partial charge in [-0.15, -0.1) is 0 Å². The predicted molar refractivity (Wildman–Crippen MR) is 122 cm³/mol. The highest BCUT2D eigenvalue weighted by molar-refractivity contribution is 7.92. The molecule has 8 nitrogen and oxygen atoms in total. The lowest BCUT2D eigenvalue weighted by molar-refractivity contribution is 0.0950. The molecule has 32 heavy (non-hydrogen) atoms. The Hall–Kier alpha value is -3.59. The largest absolute Gasteiger partial charge is 0.496 e. The molecular formula is C23H25N3O5S. The molecule has 0 aliphatic rings. The monoisotopic (exact) mass is 455 g/mol. The normalized spacial score (nSPS) is 10.9. The zero-order chi connectivity index (χ0) is 23.0. The van der Waals surface area contributed by atoms with Gasteiger partial charge in [0.2, 0.25) is 0 Å². The minimum absolute atomic E-state index is 0.0631. The second-order valence-electron chi connectivity index (χ2n) is 6.89. The van der Waals surface area contributed by atoms with Crippen LogP contribution in [0, 0.1) is 0 Å². The Morgan fingerprint density at radius 1 is 1.00 bits per heavy atom. The van der Waals surface area contributed by atoms with E-state index in [2.05, 4.69) is 15.0 Å². The molecule has 1 heterocycles. The highest BCUT2D eigenvalue weighted by Gasteiger charge is 2.22. The van der Waals surface area contributed by atoms with Gasteiger partial charge in [-0.25, -0.2) is 8.42 Å². The van der Waals surface area contributed by atoms with Crippen molar-refractivity contribution in [1.82, 2.24) is 10.3 Å². The third-order valence-corrected chi connectivity index (χ3v) is 6.16. The number of hydrogen-bond acceptors (Lipinski definition) is 6. The number of carbonyl (C=O) groups is 1. The molecule has 168 valence electrons. The van der Waals surface area contributed by atoms with Crippen LogP contribution in [0.5, 0.6) is 11.5 Å². The Bertz CT molecular complexity index is 1180. The zero-order valence-corrected chi connectivity index (χ0v) is 18.7. The number of rotatable bonds is 10. The standard InChI is InChI=1S/C23H25N3O5S/c1-30-19-14-18(15-24-16-19)26-32(28,29)22-12-6-4-10-20(22)23(27)25-13-7-9-17-8-3-5-11-21(17)31-2/h3-6,8,10-12,14-16,26H,7,9,13H2,1-2H3,(H,25,27). The number of carbonyl (C=O) groups excluding carboxylic acids is 1. The first-order valence-corrected chi connectivity index (χ1v) is 11.4. The maximum atomic E-state index is 12.9. The number of anilines is 1. The molecular weight excluding hydrogens is 430 g/mol. The molecule has 0 atom stereocenters. The van der Waals surface area contributed by atoms with Crippen molar-refractivity contribution in [1.29, 1.82) is 0 Å². The lowest BCUT2D eigenvalue weighted by Gasteiger charge is -2.13. The summed E-state index contributed by atoms with van der Waals surface area (Å²) in [6.45, 7) is 0.387. The summed E-state index contributed by atoms with van der Waals surface area (Å²) in [5, 5.41) is 2.80. The Kier molecular flexibility index (Phi) is 7.67. The van der Waals surface area contributed by atoms with E-state index in [-0.39, 0.29) is 16.1 Å². The first-order chi connectivity index (χ1) is 15.4. The molecule has 3 aromatic rings. The predicted octanol–water partition coefficient (Wildman–Crippen LogP) is 3.26. The molecule has 0 saturated carbocycles. The van der Waals surface area contributed by atoms with Crippen LogP contribution in [-0.4, -0.2) is 40.1 Å². The van der Waals surface area contributed by atoms with Crippen LogP contribution < -0.4 is 19.5 Å². The van der Waals surface area contributed by atoms with Gasteiger partial charge >= 0.3 is 0 Å². The van der Waals surface area contributed by atoms with E-state index in [0.717, 1.165) is 11.3 Å². The average Bonchev–Trinajstić information content (AvgIpc) is 2.81. The van der Waals surface area contributed by atoms with E-state index < -0.39 is 15.9 Å². The number of para-hydroxylation sites is 1. The second kappa shape index (κ2) is 10.6. The fourth-order valence-electron chi connectivity index (χ4n) is 3.17. The highest BCUT2D eigenvalue weighted by Crippen LogP contribution is 2.22. The number of sulfonamides is 1. The molecule has 0 radical (unpaired) electrons. The fraction of sp³-hybridized carbons (Fsp3) is 0.217. The summed E-state index contributed by atoms with van der Waals surface area (Å²) in [6, 6.07) is 15.3. The fourth-order valence-corrected chi connectivity index (χ4v) is 4.41. The van der Waals surface area contributed by atoms with Gasteiger partial charge in [0.05, 0.1) is 37.9 Å². The quantitative estimate of drug-likeness (QED) is 0.455. The molecule has 9 heteroatoms. The van der Waals surface area contributed by atoms with Crippen molar-refractivity contribution in [3.63, 3.8) is 0 Å². The second-order valence-corrected chi connectivity index (χ2v) is 8.54. The molecule has 0 fully saturated rings. The van der Waals surface area contributed by atoms with E-state index in [0.29, 0.717) is 25.1 Å². The number of pyridine rings is 1. The summed E-state index contributed by atoms with van der Waals surface area (Å²) < 4.78 is 38.7. The van der Waals surface area contributed by atoms with Crippen molar-refractivity contribution >= 4 is 21.6 Å². The van der Waals surface area contributed by atoms with Crippen LogP contribution in [0.25, 0.3) is 0 Å². The lowest BCUT2D eigenvalue weighted by atomic mass is 10.1. The molecule has 0 unspecified atom stereocenters. The molecule has 1 amide bonds. The van der Waals surface area contributed by atoms with Gasteiger partial charge in [-0.2, -0.15) is 0 Å². The minimum atomic E-state index is -4.02. The Balaban J connectivity index is 1.67. The first kappa shape index (κ1) is 23.1. The number of nitrogens with zero attached hydrogens (tertiary/aromatic N) is 1. The van der Waals surface area contributed by atoms with E-state index in [1.165, 1.54) is 37.7 Å². The summed E-state index contributed by atoms with van der Waals surface area (Å²) in [7, 11) is -0.940. The van der Waals surface area contributed by atoms with Crippen LogP contribution in [0.15, 0.2) is 71.9 Å². The first-order valence-electron chi connectivity index (χ1n) is 9.95. The molecule has 3 rings (SSSR count). The van der Waals surface area contributed by atoms with Crippen molar-refractivity contribution in [3.05, 3.63) is 78.1 Å². The van der Waals surface area contributed by atoms with E-state index >= 15 is 0 Å². The number of aromatic nitrogens is 1. The van der Waals surface area contributed by atoms with Crippen LogP contribution in [0.4, 0.5) is 5.69 Å². The Morgan fingerprint density at radius 2 is 1.75 bits per heavy atom. The van der Waals surface area contributed by atoms with Crippen molar-refractivity contribution in [2.75, 3.05) is 25.5 Å². The van der Waals surface area contributed by atoms with E-state index in [4.69, 9.17) is 9.47 Å². The van der Waals surface area contributed by atoms with Crippen molar-refractivity contribution in [2.45, 2.75) is 17.7 Å². The van der Waals surface area contributed by atoms with Gasteiger partial charge in [0.15, 0.2) is 0 Å². The number of benzene rings is 2.